The monoisotopic (exact) mass is 323 g/mol. The number of nitrogens with zero attached hydrogens (tertiary/aromatic N) is 2. The van der Waals surface area contributed by atoms with Gasteiger partial charge < -0.3 is 14.6 Å². The molecule has 0 unspecified atom stereocenters. The fraction of sp³-hybridized carbons (Fsp3) is 0.357. The van der Waals surface area contributed by atoms with E-state index in [0.29, 0.717) is 6.61 Å². The number of imidazole rings is 1. The molecule has 1 aromatic carbocycles. The van der Waals surface area contributed by atoms with E-state index in [9.17, 15) is 0 Å². The number of hydrogen-bond donors (Lipinski definition) is 1. The maximum atomic E-state index is 5.09. The third-order valence-corrected chi connectivity index (χ3v) is 4.20. The number of rotatable bonds is 5. The summed E-state index contributed by atoms with van der Waals surface area (Å²) in [6.45, 7) is 5.62. The summed E-state index contributed by atoms with van der Waals surface area (Å²) in [6.07, 6.45) is 3.73. The first-order valence-electron chi connectivity index (χ1n) is 6.15. The Bertz CT molecular complexity index is 543. The van der Waals surface area contributed by atoms with Crippen molar-refractivity contribution in [1.29, 1.82) is 0 Å². The Morgan fingerprint density at radius 1 is 1.32 bits per heavy atom. The van der Waals surface area contributed by atoms with Crippen LogP contribution < -0.4 is 5.32 Å². The first-order chi connectivity index (χ1) is 9.11. The maximum Gasteiger partial charge on any atom is 0.207 e. The van der Waals surface area contributed by atoms with Gasteiger partial charge in [-0.1, -0.05) is 15.9 Å². The molecule has 1 heterocycles. The van der Waals surface area contributed by atoms with Gasteiger partial charge in [0.15, 0.2) is 0 Å². The maximum absolute atomic E-state index is 5.09. The molecule has 5 heteroatoms. The number of benzene rings is 1. The van der Waals surface area contributed by atoms with E-state index in [0.717, 1.165) is 22.7 Å². The van der Waals surface area contributed by atoms with Crippen LogP contribution in [0, 0.1) is 13.8 Å². The van der Waals surface area contributed by atoms with Crippen LogP contribution in [0.15, 0.2) is 29.0 Å². The van der Waals surface area contributed by atoms with Crippen LogP contribution in [0.4, 0.5) is 11.6 Å². The predicted octanol–water partition coefficient (Wildman–Crippen LogP) is 3.65. The molecular weight excluding hydrogens is 306 g/mol. The van der Waals surface area contributed by atoms with Crippen molar-refractivity contribution in [2.75, 3.05) is 19.0 Å². The Hall–Kier alpha value is -1.33. The smallest absolute Gasteiger partial charge is 0.207 e. The van der Waals surface area contributed by atoms with E-state index in [1.165, 1.54) is 11.1 Å². The minimum Gasteiger partial charge on any atom is -0.383 e. The highest BCUT2D eigenvalue weighted by atomic mass is 79.9. The van der Waals surface area contributed by atoms with Crippen LogP contribution in [0.1, 0.15) is 11.1 Å². The molecule has 0 atom stereocenters. The van der Waals surface area contributed by atoms with Gasteiger partial charge in [-0.3, -0.25) is 0 Å². The van der Waals surface area contributed by atoms with Gasteiger partial charge in [0.2, 0.25) is 5.95 Å². The van der Waals surface area contributed by atoms with Crippen molar-refractivity contribution in [3.63, 3.8) is 0 Å². The van der Waals surface area contributed by atoms with Crippen LogP contribution >= 0.6 is 15.9 Å². The molecule has 0 radical (unpaired) electrons. The first-order valence-corrected chi connectivity index (χ1v) is 6.95. The molecule has 0 amide bonds. The molecule has 0 spiro atoms. The summed E-state index contributed by atoms with van der Waals surface area (Å²) in [4.78, 5) is 4.33. The van der Waals surface area contributed by atoms with Crippen molar-refractivity contribution in [2.45, 2.75) is 20.4 Å². The largest absolute Gasteiger partial charge is 0.383 e. The van der Waals surface area contributed by atoms with Gasteiger partial charge in [0.05, 0.1) is 6.61 Å². The van der Waals surface area contributed by atoms with E-state index in [4.69, 9.17) is 4.74 Å². The molecule has 1 N–H and O–H groups in total. The van der Waals surface area contributed by atoms with Gasteiger partial charge in [-0.25, -0.2) is 4.98 Å². The van der Waals surface area contributed by atoms with E-state index >= 15 is 0 Å². The van der Waals surface area contributed by atoms with Gasteiger partial charge in [0.1, 0.15) is 0 Å². The van der Waals surface area contributed by atoms with Crippen LogP contribution in [0.3, 0.4) is 0 Å². The minimum absolute atomic E-state index is 0.670. The van der Waals surface area contributed by atoms with Crippen molar-refractivity contribution in [2.24, 2.45) is 0 Å². The van der Waals surface area contributed by atoms with Gasteiger partial charge in [0, 0.05) is 36.2 Å². The lowest BCUT2D eigenvalue weighted by Crippen LogP contribution is -2.07. The minimum atomic E-state index is 0.670. The number of hydrogen-bond acceptors (Lipinski definition) is 3. The molecular formula is C14H18BrN3O. The molecule has 2 rings (SSSR count). The summed E-state index contributed by atoms with van der Waals surface area (Å²) in [6, 6.07) is 4.21. The summed E-state index contributed by atoms with van der Waals surface area (Å²) < 4.78 is 8.28. The lowest BCUT2D eigenvalue weighted by molar-refractivity contribution is 0.188. The van der Waals surface area contributed by atoms with Crippen LogP contribution in [0.2, 0.25) is 0 Å². The zero-order chi connectivity index (χ0) is 13.8. The molecule has 0 bridgehead atoms. The van der Waals surface area contributed by atoms with Crippen LogP contribution in [0.25, 0.3) is 0 Å². The molecule has 0 saturated heterocycles. The Morgan fingerprint density at radius 2 is 2.00 bits per heavy atom. The van der Waals surface area contributed by atoms with Crippen LogP contribution in [-0.4, -0.2) is 23.3 Å². The first kappa shape index (κ1) is 14.1. The van der Waals surface area contributed by atoms with E-state index in [2.05, 4.69) is 52.2 Å². The second kappa shape index (κ2) is 6.21. The number of anilines is 2. The molecule has 0 fully saturated rings. The number of aromatic nitrogens is 2. The van der Waals surface area contributed by atoms with Gasteiger partial charge >= 0.3 is 0 Å². The van der Waals surface area contributed by atoms with E-state index in [1.54, 1.807) is 13.3 Å². The zero-order valence-corrected chi connectivity index (χ0v) is 13.0. The van der Waals surface area contributed by atoms with Crippen LogP contribution in [0.5, 0.6) is 0 Å². The molecule has 1 aromatic heterocycles. The third-order valence-electron chi connectivity index (χ3n) is 2.94. The van der Waals surface area contributed by atoms with Gasteiger partial charge in [-0.2, -0.15) is 0 Å². The summed E-state index contributed by atoms with van der Waals surface area (Å²) in [5.74, 6) is 0.832. The quantitative estimate of drug-likeness (QED) is 0.912. The van der Waals surface area contributed by atoms with Crippen LogP contribution in [-0.2, 0) is 11.3 Å². The fourth-order valence-corrected chi connectivity index (χ4v) is 2.18. The Morgan fingerprint density at radius 3 is 2.63 bits per heavy atom. The lowest BCUT2D eigenvalue weighted by atomic mass is 10.1. The lowest BCUT2D eigenvalue weighted by Gasteiger charge is -2.12. The number of methoxy groups -OCH3 is 1. The second-order valence-corrected chi connectivity index (χ2v) is 5.28. The fourth-order valence-electron chi connectivity index (χ4n) is 1.95. The average molecular weight is 324 g/mol. The Kier molecular flexibility index (Phi) is 4.61. The van der Waals surface area contributed by atoms with Gasteiger partial charge in [-0.15, -0.1) is 0 Å². The summed E-state index contributed by atoms with van der Waals surface area (Å²) in [5.41, 5.74) is 3.46. The standard InChI is InChI=1S/C14H18BrN3O/c1-10-8-12(9-11(2)13(10)15)17-14-16-4-5-18(14)6-7-19-3/h4-5,8-9H,6-7H2,1-3H3,(H,16,17). The summed E-state index contributed by atoms with van der Waals surface area (Å²) >= 11 is 3.57. The predicted molar refractivity (Wildman–Crippen MR) is 81.0 cm³/mol. The number of nitrogens with one attached hydrogen (secondary N) is 1. The average Bonchev–Trinajstić information content (AvgIpc) is 2.80. The number of ether oxygens (including phenoxy) is 1. The van der Waals surface area contributed by atoms with E-state index < -0.39 is 0 Å². The van der Waals surface area contributed by atoms with Crippen molar-refractivity contribution >= 4 is 27.6 Å². The third kappa shape index (κ3) is 3.36. The highest BCUT2D eigenvalue weighted by Gasteiger charge is 2.06. The zero-order valence-electron chi connectivity index (χ0n) is 11.4. The van der Waals surface area contributed by atoms with Crippen molar-refractivity contribution in [3.8, 4) is 0 Å². The highest BCUT2D eigenvalue weighted by molar-refractivity contribution is 9.10. The highest BCUT2D eigenvalue weighted by Crippen LogP contribution is 2.26. The van der Waals surface area contributed by atoms with Crippen molar-refractivity contribution < 1.29 is 4.74 Å². The Labute approximate surface area is 121 Å². The molecule has 4 nitrogen and oxygen atoms in total. The van der Waals surface area contributed by atoms with E-state index in [1.807, 2.05) is 10.8 Å². The molecule has 2 aromatic rings. The molecule has 0 aliphatic carbocycles. The summed E-state index contributed by atoms with van der Waals surface area (Å²) in [7, 11) is 1.70. The van der Waals surface area contributed by atoms with Gasteiger partial charge in [0.25, 0.3) is 0 Å². The molecule has 102 valence electrons. The second-order valence-electron chi connectivity index (χ2n) is 4.49. The molecule has 19 heavy (non-hydrogen) atoms. The van der Waals surface area contributed by atoms with Crippen molar-refractivity contribution in [1.82, 2.24) is 9.55 Å². The number of aryl methyl sites for hydroxylation is 2. The van der Waals surface area contributed by atoms with Crippen molar-refractivity contribution in [3.05, 3.63) is 40.1 Å². The SMILES string of the molecule is COCCn1ccnc1Nc1cc(C)c(Br)c(C)c1. The van der Waals surface area contributed by atoms with Gasteiger partial charge in [-0.05, 0) is 37.1 Å². The molecule has 0 aliphatic rings. The topological polar surface area (TPSA) is 39.1 Å². The molecule has 0 saturated carbocycles. The Balaban J connectivity index is 2.19. The summed E-state index contributed by atoms with van der Waals surface area (Å²) in [5, 5.41) is 3.35. The van der Waals surface area contributed by atoms with E-state index in [-0.39, 0.29) is 0 Å². The molecule has 0 aliphatic heterocycles. The number of halogens is 1. The normalized spacial score (nSPS) is 10.7.